The number of rotatable bonds is 6. The van der Waals surface area contributed by atoms with Crippen molar-refractivity contribution in [1.82, 2.24) is 20.0 Å². The fourth-order valence-corrected chi connectivity index (χ4v) is 4.02. The zero-order chi connectivity index (χ0) is 18.1. The van der Waals surface area contributed by atoms with E-state index >= 15 is 0 Å². The number of nitrogens with zero attached hydrogens (tertiary/aromatic N) is 5. The summed E-state index contributed by atoms with van der Waals surface area (Å²) in [6.45, 7) is 5.66. The summed E-state index contributed by atoms with van der Waals surface area (Å²) >= 11 is 0. The average Bonchev–Trinajstić information content (AvgIpc) is 3.54. The number of hydrogen-bond donors (Lipinski definition) is 1. The Balaban J connectivity index is 0.00000210. The van der Waals surface area contributed by atoms with Crippen molar-refractivity contribution in [2.24, 2.45) is 29.8 Å². The Bertz CT molecular complexity index is 669. The van der Waals surface area contributed by atoms with Gasteiger partial charge in [-0.1, -0.05) is 0 Å². The second kappa shape index (κ2) is 8.79. The highest BCUT2D eigenvalue weighted by molar-refractivity contribution is 14.0. The zero-order valence-corrected chi connectivity index (χ0v) is 18.6. The van der Waals surface area contributed by atoms with E-state index in [4.69, 9.17) is 4.99 Å². The lowest BCUT2D eigenvalue weighted by Crippen LogP contribution is -2.55. The Morgan fingerprint density at radius 3 is 2.52 bits per heavy atom. The van der Waals surface area contributed by atoms with Crippen LogP contribution in [0, 0.1) is 17.8 Å². The number of aryl methyl sites for hydroxylation is 1. The molecule has 0 unspecified atom stereocenters. The second-order valence-corrected chi connectivity index (χ2v) is 7.87. The van der Waals surface area contributed by atoms with Crippen molar-refractivity contribution >= 4 is 41.5 Å². The molecular formula is C19H31IN6O. The fourth-order valence-electron chi connectivity index (χ4n) is 4.02. The molecule has 0 radical (unpaired) electrons. The molecule has 2 aliphatic carbocycles. The van der Waals surface area contributed by atoms with Gasteiger partial charge in [-0.3, -0.25) is 14.5 Å². The van der Waals surface area contributed by atoms with Gasteiger partial charge >= 0.3 is 0 Å². The number of aliphatic imine (C=N–C) groups is 1. The highest BCUT2D eigenvalue weighted by Crippen LogP contribution is 2.49. The van der Waals surface area contributed by atoms with Crippen molar-refractivity contribution in [3.8, 4) is 0 Å². The number of anilines is 1. The van der Waals surface area contributed by atoms with Gasteiger partial charge in [0.2, 0.25) is 5.91 Å². The van der Waals surface area contributed by atoms with Crippen molar-refractivity contribution in [1.29, 1.82) is 0 Å². The molecule has 3 aliphatic rings. The molecule has 0 spiro atoms. The molecule has 0 bridgehead atoms. The Labute approximate surface area is 178 Å². The molecule has 8 heteroatoms. The van der Waals surface area contributed by atoms with Gasteiger partial charge in [0.15, 0.2) is 5.96 Å². The Morgan fingerprint density at radius 1 is 1.30 bits per heavy atom. The fraction of sp³-hybridized carbons (Fsp3) is 0.737. The van der Waals surface area contributed by atoms with Crippen LogP contribution in [0.3, 0.4) is 0 Å². The monoisotopic (exact) mass is 486 g/mol. The van der Waals surface area contributed by atoms with Crippen molar-refractivity contribution < 1.29 is 4.79 Å². The summed E-state index contributed by atoms with van der Waals surface area (Å²) in [5.74, 6) is 3.57. The van der Waals surface area contributed by atoms with Gasteiger partial charge in [-0.05, 0) is 50.4 Å². The molecule has 150 valence electrons. The first-order valence-electron chi connectivity index (χ1n) is 9.98. The minimum Gasteiger partial charge on any atom is -0.357 e. The van der Waals surface area contributed by atoms with Crippen LogP contribution in [0.5, 0.6) is 0 Å². The number of carbonyl (C=O) groups excluding carboxylic acids is 1. The maximum Gasteiger partial charge on any atom is 0.246 e. The molecule has 7 nitrogen and oxygen atoms in total. The number of halogens is 1. The van der Waals surface area contributed by atoms with Crippen molar-refractivity contribution in [3.05, 3.63) is 12.4 Å². The molecule has 4 rings (SSSR count). The number of hydrogen-bond acceptors (Lipinski definition) is 3. The molecule has 27 heavy (non-hydrogen) atoms. The normalized spacial score (nSPS) is 20.9. The van der Waals surface area contributed by atoms with E-state index in [9.17, 15) is 4.79 Å². The minimum atomic E-state index is 0. The molecule has 1 N–H and O–H groups in total. The summed E-state index contributed by atoms with van der Waals surface area (Å²) in [7, 11) is 1.87. The van der Waals surface area contributed by atoms with Crippen LogP contribution >= 0.6 is 24.0 Å². The predicted octanol–water partition coefficient (Wildman–Crippen LogP) is 2.09. The van der Waals surface area contributed by atoms with Crippen LogP contribution in [0.15, 0.2) is 17.4 Å². The van der Waals surface area contributed by atoms with E-state index in [0.29, 0.717) is 13.1 Å². The van der Waals surface area contributed by atoms with Gasteiger partial charge in [0.25, 0.3) is 0 Å². The lowest BCUT2D eigenvalue weighted by Gasteiger charge is -2.35. The summed E-state index contributed by atoms with van der Waals surface area (Å²) in [5.41, 5.74) is 0.877. The smallest absolute Gasteiger partial charge is 0.246 e. The molecule has 1 aliphatic heterocycles. The maximum absolute atomic E-state index is 12.7. The zero-order valence-electron chi connectivity index (χ0n) is 16.3. The van der Waals surface area contributed by atoms with E-state index in [1.165, 1.54) is 25.7 Å². The lowest BCUT2D eigenvalue weighted by molar-refractivity contribution is -0.120. The lowest BCUT2D eigenvalue weighted by atomic mass is 9.98. The Hall–Kier alpha value is -1.32. The minimum absolute atomic E-state index is 0. The van der Waals surface area contributed by atoms with Crippen molar-refractivity contribution in [2.45, 2.75) is 32.6 Å². The van der Waals surface area contributed by atoms with Gasteiger partial charge < -0.3 is 15.1 Å². The molecule has 1 aromatic heterocycles. The number of aromatic nitrogens is 2. The van der Waals surface area contributed by atoms with Crippen LogP contribution in [0.25, 0.3) is 0 Å². The summed E-state index contributed by atoms with van der Waals surface area (Å²) in [6.07, 6.45) is 9.18. The number of nitrogens with one attached hydrogen (secondary N) is 1. The molecule has 0 atom stereocenters. The molecule has 2 heterocycles. The molecule has 2 saturated carbocycles. The van der Waals surface area contributed by atoms with Gasteiger partial charge in [0, 0.05) is 39.4 Å². The maximum atomic E-state index is 12.7. The van der Waals surface area contributed by atoms with Crippen molar-refractivity contribution in [3.63, 3.8) is 0 Å². The highest BCUT2D eigenvalue weighted by Gasteiger charge is 2.41. The van der Waals surface area contributed by atoms with E-state index < -0.39 is 0 Å². The van der Waals surface area contributed by atoms with Crippen LogP contribution < -0.4 is 10.2 Å². The van der Waals surface area contributed by atoms with Gasteiger partial charge in [0.1, 0.15) is 6.54 Å². The van der Waals surface area contributed by atoms with Crippen LogP contribution in [0.2, 0.25) is 0 Å². The predicted molar refractivity (Wildman–Crippen MR) is 117 cm³/mol. The number of carbonyl (C=O) groups is 1. The van der Waals surface area contributed by atoms with Gasteiger partial charge in [-0.15, -0.1) is 24.0 Å². The third kappa shape index (κ3) is 4.94. The first-order chi connectivity index (χ1) is 12.7. The van der Waals surface area contributed by atoms with E-state index in [-0.39, 0.29) is 29.9 Å². The average molecular weight is 486 g/mol. The van der Waals surface area contributed by atoms with E-state index in [1.54, 1.807) is 10.9 Å². The van der Waals surface area contributed by atoms with Crippen LogP contribution in [0.1, 0.15) is 32.6 Å². The highest BCUT2D eigenvalue weighted by atomic mass is 127. The largest absolute Gasteiger partial charge is 0.357 e. The molecule has 0 aromatic carbocycles. The third-order valence-electron chi connectivity index (χ3n) is 5.76. The summed E-state index contributed by atoms with van der Waals surface area (Å²) < 4.78 is 1.73. The van der Waals surface area contributed by atoms with Gasteiger partial charge in [-0.2, -0.15) is 5.10 Å². The Morgan fingerprint density at radius 2 is 2.00 bits per heavy atom. The van der Waals surface area contributed by atoms with E-state index in [2.05, 4.69) is 22.2 Å². The SMILES string of the molecule is CCNC(=NCC(C1CC1)C1CC1)N1CCN(c2cnn(C)c2)C(=O)C1.I. The topological polar surface area (TPSA) is 65.8 Å². The first-order valence-corrected chi connectivity index (χ1v) is 9.98. The van der Waals surface area contributed by atoms with Crippen LogP contribution in [0.4, 0.5) is 5.69 Å². The second-order valence-electron chi connectivity index (χ2n) is 7.87. The van der Waals surface area contributed by atoms with Crippen LogP contribution in [-0.4, -0.2) is 59.3 Å². The Kier molecular flexibility index (Phi) is 6.65. The third-order valence-corrected chi connectivity index (χ3v) is 5.76. The summed E-state index contributed by atoms with van der Waals surface area (Å²) in [5, 5.41) is 7.57. The molecule has 1 saturated heterocycles. The summed E-state index contributed by atoms with van der Waals surface area (Å²) in [4.78, 5) is 21.5. The first kappa shape index (κ1) is 20.4. The van der Waals surface area contributed by atoms with Crippen molar-refractivity contribution in [2.75, 3.05) is 37.6 Å². The van der Waals surface area contributed by atoms with Gasteiger partial charge in [-0.25, -0.2) is 0 Å². The quantitative estimate of drug-likeness (QED) is 0.380. The standard InChI is InChI=1S/C19H30N6O.HI/c1-3-20-19(21-11-17(14-4-5-14)15-6-7-15)24-8-9-25(18(26)13-24)16-10-22-23(2)12-16;/h10,12,14-15,17H,3-9,11,13H2,1-2H3,(H,20,21);1H. The van der Waals surface area contributed by atoms with E-state index in [1.807, 2.05) is 18.1 Å². The van der Waals surface area contributed by atoms with Crippen LogP contribution in [-0.2, 0) is 11.8 Å². The number of guanidine groups is 1. The number of piperazine rings is 1. The van der Waals surface area contributed by atoms with Gasteiger partial charge in [0.05, 0.1) is 11.9 Å². The molecule has 3 fully saturated rings. The molecular weight excluding hydrogens is 455 g/mol. The molecule has 1 amide bonds. The molecule has 1 aromatic rings. The summed E-state index contributed by atoms with van der Waals surface area (Å²) in [6, 6.07) is 0. The number of amides is 1. The van der Waals surface area contributed by atoms with E-state index in [0.717, 1.165) is 49.0 Å².